The maximum absolute atomic E-state index is 6.21. The molecule has 6 nitrogen and oxygen atoms in total. The van der Waals surface area contributed by atoms with Gasteiger partial charge in [0.05, 0.1) is 13.2 Å². The molecule has 0 fully saturated rings. The van der Waals surface area contributed by atoms with E-state index in [1.54, 1.807) is 0 Å². The molecule has 0 radical (unpaired) electrons. The van der Waals surface area contributed by atoms with Gasteiger partial charge in [-0.05, 0) is 129 Å². The van der Waals surface area contributed by atoms with Crippen LogP contribution in [0.25, 0.3) is 0 Å². The molecule has 2 aromatic carbocycles. The second kappa shape index (κ2) is 17.1. The minimum atomic E-state index is -2.22. The summed E-state index contributed by atoms with van der Waals surface area (Å²) in [6.45, 7) is 26.7. The first kappa shape index (κ1) is 37.5. The standard InChI is InChI=1S/C35H60O6Si2/c1-27(2)38-42(11,39-28(3)4)25-13-23-36-33-19-15-31(16-20-33)35(9,10)32-17-21-34(22-18-32)37-24-14-26-43(12,40-29(5)6)41-30(7)8/h15-22,27-30H,13-14,23-26H2,1-12H3. The van der Waals surface area contributed by atoms with Crippen LogP contribution in [-0.4, -0.2) is 54.8 Å². The van der Waals surface area contributed by atoms with Gasteiger partial charge >= 0.3 is 17.1 Å². The summed E-state index contributed by atoms with van der Waals surface area (Å²) in [5, 5.41) is 0. The highest BCUT2D eigenvalue weighted by atomic mass is 28.4. The number of benzene rings is 2. The lowest BCUT2D eigenvalue weighted by atomic mass is 9.78. The fourth-order valence-electron chi connectivity index (χ4n) is 5.55. The third-order valence-corrected chi connectivity index (χ3v) is 13.6. The molecule has 2 rings (SSSR count). The lowest BCUT2D eigenvalue weighted by Crippen LogP contribution is -2.43. The Bertz CT molecular complexity index is 948. The van der Waals surface area contributed by atoms with Crippen molar-refractivity contribution in [2.45, 2.75) is 137 Å². The normalized spacial score (nSPS) is 13.0. The lowest BCUT2D eigenvalue weighted by Gasteiger charge is -2.31. The Labute approximate surface area is 265 Å². The Hall–Kier alpha value is -1.69. The Kier molecular flexibility index (Phi) is 14.9. The first-order chi connectivity index (χ1) is 20.0. The highest BCUT2D eigenvalue weighted by Crippen LogP contribution is 2.33. The van der Waals surface area contributed by atoms with Gasteiger partial charge in [0, 0.05) is 29.8 Å². The van der Waals surface area contributed by atoms with E-state index in [0.29, 0.717) is 13.2 Å². The molecule has 0 saturated heterocycles. The summed E-state index contributed by atoms with van der Waals surface area (Å²) >= 11 is 0. The van der Waals surface area contributed by atoms with Crippen molar-refractivity contribution < 1.29 is 27.2 Å². The predicted octanol–water partition coefficient (Wildman–Crippen LogP) is 9.39. The highest BCUT2D eigenvalue weighted by Gasteiger charge is 2.34. The minimum absolute atomic E-state index is 0.150. The van der Waals surface area contributed by atoms with E-state index in [0.717, 1.165) is 36.4 Å². The van der Waals surface area contributed by atoms with Crippen molar-refractivity contribution in [2.75, 3.05) is 13.2 Å². The molecule has 0 aliphatic rings. The summed E-state index contributed by atoms with van der Waals surface area (Å²) in [4.78, 5) is 0. The lowest BCUT2D eigenvalue weighted by molar-refractivity contribution is 0.107. The minimum Gasteiger partial charge on any atom is -0.494 e. The number of hydrogen-bond donors (Lipinski definition) is 0. The quantitative estimate of drug-likeness (QED) is 0.107. The number of rotatable bonds is 20. The van der Waals surface area contributed by atoms with Crippen molar-refractivity contribution in [3.63, 3.8) is 0 Å². The van der Waals surface area contributed by atoms with Crippen molar-refractivity contribution in [1.82, 2.24) is 0 Å². The van der Waals surface area contributed by atoms with E-state index in [1.807, 2.05) is 0 Å². The average molecular weight is 633 g/mol. The molecule has 0 atom stereocenters. The Morgan fingerprint density at radius 2 is 0.791 bits per heavy atom. The molecule has 0 aliphatic carbocycles. The fourth-order valence-corrected chi connectivity index (χ4v) is 11.7. The molecule has 2 aromatic rings. The van der Waals surface area contributed by atoms with Crippen molar-refractivity contribution in [3.05, 3.63) is 59.7 Å². The van der Waals surface area contributed by atoms with Gasteiger partial charge in [0.1, 0.15) is 11.5 Å². The molecule has 0 aromatic heterocycles. The first-order valence-electron chi connectivity index (χ1n) is 16.2. The third-order valence-electron chi connectivity index (χ3n) is 7.18. The monoisotopic (exact) mass is 632 g/mol. The molecule has 244 valence electrons. The van der Waals surface area contributed by atoms with Crippen LogP contribution in [-0.2, 0) is 23.1 Å². The van der Waals surface area contributed by atoms with Crippen molar-refractivity contribution in [3.8, 4) is 11.5 Å². The summed E-state index contributed by atoms with van der Waals surface area (Å²) < 4.78 is 37.0. The van der Waals surface area contributed by atoms with Crippen LogP contribution in [0.2, 0.25) is 25.2 Å². The molecule has 0 bridgehead atoms. The van der Waals surface area contributed by atoms with Gasteiger partial charge in [-0.3, -0.25) is 0 Å². The Balaban J connectivity index is 1.88. The van der Waals surface area contributed by atoms with Gasteiger partial charge in [0.25, 0.3) is 0 Å². The van der Waals surface area contributed by atoms with E-state index in [9.17, 15) is 0 Å². The van der Waals surface area contributed by atoms with Crippen LogP contribution in [0.4, 0.5) is 0 Å². The highest BCUT2D eigenvalue weighted by molar-refractivity contribution is 6.66. The SMILES string of the molecule is CC(C)O[Si](C)(CCCOc1ccc(C(C)(C)c2ccc(OCCC[Si](C)(OC(C)C)OC(C)C)cc2)cc1)OC(C)C. The van der Waals surface area contributed by atoms with Crippen LogP contribution in [0.3, 0.4) is 0 Å². The van der Waals surface area contributed by atoms with Crippen LogP contribution in [0.15, 0.2) is 48.5 Å². The fraction of sp³-hybridized carbons (Fsp3) is 0.657. The summed E-state index contributed by atoms with van der Waals surface area (Å²) in [7, 11) is -4.43. The Morgan fingerprint density at radius 3 is 1.05 bits per heavy atom. The van der Waals surface area contributed by atoms with E-state index in [4.69, 9.17) is 27.2 Å². The molecule has 0 saturated carbocycles. The van der Waals surface area contributed by atoms with E-state index < -0.39 is 17.1 Å². The van der Waals surface area contributed by atoms with Gasteiger partial charge in [0.2, 0.25) is 0 Å². The maximum atomic E-state index is 6.21. The third kappa shape index (κ3) is 13.5. The van der Waals surface area contributed by atoms with Crippen LogP contribution >= 0.6 is 0 Å². The molecular formula is C35H60O6Si2. The summed E-state index contributed by atoms with van der Waals surface area (Å²) in [5.74, 6) is 1.77. The van der Waals surface area contributed by atoms with Gasteiger partial charge < -0.3 is 27.2 Å². The Morgan fingerprint density at radius 1 is 0.512 bits per heavy atom. The zero-order chi connectivity index (χ0) is 32.3. The predicted molar refractivity (Wildman–Crippen MR) is 183 cm³/mol. The summed E-state index contributed by atoms with van der Waals surface area (Å²) in [6, 6.07) is 18.8. The summed E-state index contributed by atoms with van der Waals surface area (Å²) in [6.07, 6.45) is 2.47. The first-order valence-corrected chi connectivity index (χ1v) is 21.3. The van der Waals surface area contributed by atoms with Crippen molar-refractivity contribution >= 4 is 17.1 Å². The van der Waals surface area contributed by atoms with Gasteiger partial charge in [-0.15, -0.1) is 0 Å². The molecule has 0 unspecified atom stereocenters. The molecule has 0 N–H and O–H groups in total. The number of ether oxygens (including phenoxy) is 2. The molecule has 0 aliphatic heterocycles. The van der Waals surface area contributed by atoms with Gasteiger partial charge in [-0.25, -0.2) is 0 Å². The molecule has 0 amide bonds. The molecule has 43 heavy (non-hydrogen) atoms. The smallest absolute Gasteiger partial charge is 0.335 e. The van der Waals surface area contributed by atoms with Gasteiger partial charge in [0.15, 0.2) is 0 Å². The average Bonchev–Trinajstić information content (AvgIpc) is 2.88. The van der Waals surface area contributed by atoms with Gasteiger partial charge in [-0.1, -0.05) is 38.1 Å². The van der Waals surface area contributed by atoms with Crippen molar-refractivity contribution in [1.29, 1.82) is 0 Å². The van der Waals surface area contributed by atoms with E-state index >= 15 is 0 Å². The van der Waals surface area contributed by atoms with E-state index in [1.165, 1.54) is 11.1 Å². The molecular weight excluding hydrogens is 573 g/mol. The van der Waals surface area contributed by atoms with E-state index in [-0.39, 0.29) is 29.8 Å². The van der Waals surface area contributed by atoms with E-state index in [2.05, 4.69) is 131 Å². The molecule has 0 heterocycles. The number of hydrogen-bond acceptors (Lipinski definition) is 6. The van der Waals surface area contributed by atoms with Crippen LogP contribution < -0.4 is 9.47 Å². The largest absolute Gasteiger partial charge is 0.494 e. The maximum Gasteiger partial charge on any atom is 0.335 e. The zero-order valence-corrected chi connectivity index (χ0v) is 31.1. The zero-order valence-electron chi connectivity index (χ0n) is 29.1. The second-order valence-electron chi connectivity index (χ2n) is 13.5. The molecule has 8 heteroatoms. The van der Waals surface area contributed by atoms with Crippen LogP contribution in [0.5, 0.6) is 11.5 Å². The van der Waals surface area contributed by atoms with Crippen LogP contribution in [0, 0.1) is 0 Å². The second-order valence-corrected chi connectivity index (χ2v) is 20.0. The molecule has 0 spiro atoms. The van der Waals surface area contributed by atoms with Crippen molar-refractivity contribution in [2.24, 2.45) is 0 Å². The van der Waals surface area contributed by atoms with Crippen LogP contribution in [0.1, 0.15) is 93.2 Å². The van der Waals surface area contributed by atoms with Gasteiger partial charge in [-0.2, -0.15) is 0 Å². The summed E-state index contributed by atoms with van der Waals surface area (Å²) in [5.41, 5.74) is 2.33. The topological polar surface area (TPSA) is 55.4 Å².